The molecule has 0 amide bonds. The Morgan fingerprint density at radius 1 is 1.25 bits per heavy atom. The van der Waals surface area contributed by atoms with Crippen molar-refractivity contribution in [1.82, 2.24) is 0 Å². The Bertz CT molecular complexity index is 271. The molecule has 72 valence electrons. The second-order valence-electron chi connectivity index (χ2n) is 5.15. The van der Waals surface area contributed by atoms with Crippen molar-refractivity contribution in [3.63, 3.8) is 0 Å². The molecule has 1 atom stereocenters. The van der Waals surface area contributed by atoms with E-state index in [0.29, 0.717) is 11.5 Å². The first-order valence-electron chi connectivity index (χ1n) is 4.37. The summed E-state index contributed by atoms with van der Waals surface area (Å²) in [6, 6.07) is 0. The fourth-order valence-corrected chi connectivity index (χ4v) is 4.06. The van der Waals surface area contributed by atoms with Crippen LogP contribution in [0.3, 0.4) is 0 Å². The normalized spacial score (nSPS) is 35.3. The van der Waals surface area contributed by atoms with Crippen molar-refractivity contribution in [2.75, 3.05) is 11.5 Å². The molecule has 1 rings (SSSR count). The van der Waals surface area contributed by atoms with E-state index in [0.717, 1.165) is 6.42 Å². The molecule has 0 saturated carbocycles. The summed E-state index contributed by atoms with van der Waals surface area (Å²) in [5, 5.41) is 0. The second-order valence-corrected chi connectivity index (χ2v) is 7.34. The van der Waals surface area contributed by atoms with Gasteiger partial charge in [0.25, 0.3) is 0 Å². The molecule has 0 aromatic heterocycles. The number of hydrogen-bond acceptors (Lipinski definition) is 2. The van der Waals surface area contributed by atoms with E-state index in [1.807, 2.05) is 0 Å². The Hall–Kier alpha value is -0.0500. The van der Waals surface area contributed by atoms with Crippen LogP contribution in [0.2, 0.25) is 0 Å². The smallest absolute Gasteiger partial charge is 0.150 e. The molecule has 1 fully saturated rings. The summed E-state index contributed by atoms with van der Waals surface area (Å²) >= 11 is 0. The Labute approximate surface area is 75.3 Å². The second kappa shape index (κ2) is 2.47. The van der Waals surface area contributed by atoms with E-state index in [1.165, 1.54) is 0 Å². The molecule has 1 unspecified atom stereocenters. The van der Waals surface area contributed by atoms with E-state index in [2.05, 4.69) is 27.7 Å². The van der Waals surface area contributed by atoms with Crippen LogP contribution < -0.4 is 0 Å². The summed E-state index contributed by atoms with van der Waals surface area (Å²) in [5.41, 5.74) is 0.0718. The summed E-state index contributed by atoms with van der Waals surface area (Å²) in [5.74, 6) is 0.740. The van der Waals surface area contributed by atoms with E-state index in [-0.39, 0.29) is 10.8 Å². The minimum atomic E-state index is -2.74. The van der Waals surface area contributed by atoms with Gasteiger partial charge in [-0.2, -0.15) is 0 Å². The standard InChI is InChI=1S/C9H18O2S/c1-8(2,3)9(4)5-6-12(10,11)7-9/h5-7H2,1-4H3. The monoisotopic (exact) mass is 190 g/mol. The van der Waals surface area contributed by atoms with Crippen molar-refractivity contribution in [1.29, 1.82) is 0 Å². The van der Waals surface area contributed by atoms with Gasteiger partial charge < -0.3 is 0 Å². The van der Waals surface area contributed by atoms with Crippen LogP contribution in [0.4, 0.5) is 0 Å². The van der Waals surface area contributed by atoms with Gasteiger partial charge in [-0.3, -0.25) is 0 Å². The van der Waals surface area contributed by atoms with Crippen molar-refractivity contribution in [2.24, 2.45) is 10.8 Å². The van der Waals surface area contributed by atoms with E-state index in [9.17, 15) is 8.42 Å². The van der Waals surface area contributed by atoms with Gasteiger partial charge in [-0.1, -0.05) is 27.7 Å². The van der Waals surface area contributed by atoms with Crippen LogP contribution in [0.15, 0.2) is 0 Å². The quantitative estimate of drug-likeness (QED) is 0.584. The Morgan fingerprint density at radius 3 is 1.92 bits per heavy atom. The lowest BCUT2D eigenvalue weighted by molar-refractivity contribution is 0.141. The summed E-state index contributed by atoms with van der Waals surface area (Å²) in [7, 11) is -2.74. The first-order valence-corrected chi connectivity index (χ1v) is 6.19. The highest BCUT2D eigenvalue weighted by molar-refractivity contribution is 7.91. The summed E-state index contributed by atoms with van der Waals surface area (Å²) in [4.78, 5) is 0. The maximum absolute atomic E-state index is 11.3. The number of sulfone groups is 1. The minimum Gasteiger partial charge on any atom is -0.229 e. The summed E-state index contributed by atoms with van der Waals surface area (Å²) in [6.07, 6.45) is 0.818. The van der Waals surface area contributed by atoms with Crippen molar-refractivity contribution in [2.45, 2.75) is 34.1 Å². The molecule has 0 aromatic carbocycles. The van der Waals surface area contributed by atoms with Gasteiger partial charge in [0.1, 0.15) is 0 Å². The molecule has 0 spiro atoms. The van der Waals surface area contributed by atoms with Gasteiger partial charge in [0.2, 0.25) is 0 Å². The van der Waals surface area contributed by atoms with Gasteiger partial charge in [0.15, 0.2) is 9.84 Å². The van der Waals surface area contributed by atoms with Gasteiger partial charge >= 0.3 is 0 Å². The zero-order valence-electron chi connectivity index (χ0n) is 8.35. The molecule has 1 aliphatic rings. The Morgan fingerprint density at radius 2 is 1.75 bits per heavy atom. The lowest BCUT2D eigenvalue weighted by Gasteiger charge is -2.37. The highest BCUT2D eigenvalue weighted by atomic mass is 32.2. The third-order valence-electron chi connectivity index (χ3n) is 3.31. The maximum atomic E-state index is 11.3. The van der Waals surface area contributed by atoms with Gasteiger partial charge in [-0.05, 0) is 17.3 Å². The summed E-state index contributed by atoms with van der Waals surface area (Å²) < 4.78 is 22.6. The van der Waals surface area contributed by atoms with Crippen LogP contribution >= 0.6 is 0 Å². The molecule has 0 aromatic rings. The van der Waals surface area contributed by atoms with Crippen LogP contribution in [0.5, 0.6) is 0 Å². The van der Waals surface area contributed by atoms with Crippen LogP contribution in [0, 0.1) is 10.8 Å². The SMILES string of the molecule is CC(C)(C)C1(C)CCS(=O)(=O)C1. The zero-order chi connectivity index (χ0) is 9.62. The van der Waals surface area contributed by atoms with Crippen LogP contribution in [-0.2, 0) is 9.84 Å². The predicted octanol–water partition coefficient (Wildman–Crippen LogP) is 1.86. The van der Waals surface area contributed by atoms with Gasteiger partial charge in [-0.15, -0.1) is 0 Å². The topological polar surface area (TPSA) is 34.1 Å². The largest absolute Gasteiger partial charge is 0.229 e. The molecule has 1 saturated heterocycles. The number of rotatable bonds is 0. The summed E-state index contributed by atoms with van der Waals surface area (Å²) in [6.45, 7) is 8.44. The molecule has 3 heteroatoms. The van der Waals surface area contributed by atoms with E-state index in [4.69, 9.17) is 0 Å². The lowest BCUT2D eigenvalue weighted by atomic mass is 9.68. The zero-order valence-corrected chi connectivity index (χ0v) is 9.16. The molecule has 0 bridgehead atoms. The third kappa shape index (κ3) is 1.65. The Balaban J connectivity index is 2.93. The minimum absolute atomic E-state index is 0.0220. The first kappa shape index (κ1) is 10.0. The molecule has 0 N–H and O–H groups in total. The van der Waals surface area contributed by atoms with E-state index < -0.39 is 9.84 Å². The first-order chi connectivity index (χ1) is 5.16. The Kier molecular flexibility index (Phi) is 2.07. The van der Waals surface area contributed by atoms with Crippen LogP contribution in [-0.4, -0.2) is 19.9 Å². The third-order valence-corrected chi connectivity index (χ3v) is 5.22. The average molecular weight is 190 g/mol. The van der Waals surface area contributed by atoms with Crippen molar-refractivity contribution < 1.29 is 8.42 Å². The molecular formula is C9H18O2S. The van der Waals surface area contributed by atoms with Gasteiger partial charge in [-0.25, -0.2) is 8.42 Å². The van der Waals surface area contributed by atoms with Gasteiger partial charge in [0.05, 0.1) is 11.5 Å². The fourth-order valence-electron chi connectivity index (χ4n) is 1.60. The van der Waals surface area contributed by atoms with E-state index >= 15 is 0 Å². The van der Waals surface area contributed by atoms with Crippen molar-refractivity contribution in [3.8, 4) is 0 Å². The molecule has 1 aliphatic heterocycles. The molecular weight excluding hydrogens is 172 g/mol. The lowest BCUT2D eigenvalue weighted by Crippen LogP contribution is -2.33. The highest BCUT2D eigenvalue weighted by Gasteiger charge is 2.45. The maximum Gasteiger partial charge on any atom is 0.150 e. The molecule has 0 aliphatic carbocycles. The molecule has 2 nitrogen and oxygen atoms in total. The van der Waals surface area contributed by atoms with Gasteiger partial charge in [0, 0.05) is 0 Å². The molecule has 12 heavy (non-hydrogen) atoms. The van der Waals surface area contributed by atoms with Crippen LogP contribution in [0.1, 0.15) is 34.1 Å². The number of hydrogen-bond donors (Lipinski definition) is 0. The average Bonchev–Trinajstić information content (AvgIpc) is 2.05. The molecule has 1 heterocycles. The van der Waals surface area contributed by atoms with Crippen molar-refractivity contribution in [3.05, 3.63) is 0 Å². The predicted molar refractivity (Wildman–Crippen MR) is 50.8 cm³/mol. The van der Waals surface area contributed by atoms with Crippen LogP contribution in [0.25, 0.3) is 0 Å². The molecule has 0 radical (unpaired) electrons. The fraction of sp³-hybridized carbons (Fsp3) is 1.00. The highest BCUT2D eigenvalue weighted by Crippen LogP contribution is 2.46. The van der Waals surface area contributed by atoms with Crippen molar-refractivity contribution >= 4 is 9.84 Å². The van der Waals surface area contributed by atoms with E-state index in [1.54, 1.807) is 0 Å².